The molecule has 0 amide bonds. The maximum Gasteiger partial charge on any atom is 0.337 e. The van der Waals surface area contributed by atoms with Crippen molar-refractivity contribution in [3.8, 4) is 11.5 Å². The molecule has 0 saturated carbocycles. The van der Waals surface area contributed by atoms with Crippen LogP contribution in [0.4, 0.5) is 5.69 Å². The average molecular weight is 271 g/mol. The van der Waals surface area contributed by atoms with Crippen LogP contribution < -0.4 is 10.5 Å². The zero-order valence-corrected chi connectivity index (χ0v) is 11.8. The second kappa shape index (κ2) is 5.65. The largest absolute Gasteiger partial charge is 0.465 e. The van der Waals surface area contributed by atoms with Crippen molar-refractivity contribution in [2.45, 2.75) is 13.8 Å². The third-order valence-electron chi connectivity index (χ3n) is 2.86. The van der Waals surface area contributed by atoms with Crippen LogP contribution in [0.15, 0.2) is 36.4 Å². The van der Waals surface area contributed by atoms with E-state index < -0.39 is 5.97 Å². The van der Waals surface area contributed by atoms with E-state index in [1.54, 1.807) is 18.2 Å². The highest BCUT2D eigenvalue weighted by molar-refractivity contribution is 5.90. The fourth-order valence-electron chi connectivity index (χ4n) is 1.99. The Morgan fingerprint density at radius 3 is 2.30 bits per heavy atom. The van der Waals surface area contributed by atoms with E-state index in [9.17, 15) is 4.79 Å². The topological polar surface area (TPSA) is 61.5 Å². The summed E-state index contributed by atoms with van der Waals surface area (Å²) in [6.45, 7) is 3.99. The van der Waals surface area contributed by atoms with Gasteiger partial charge in [0.1, 0.15) is 5.75 Å². The molecule has 2 aromatic rings. The Morgan fingerprint density at radius 2 is 1.70 bits per heavy atom. The third kappa shape index (κ3) is 3.09. The normalized spacial score (nSPS) is 10.2. The van der Waals surface area contributed by atoms with Crippen LogP contribution in [0, 0.1) is 13.8 Å². The summed E-state index contributed by atoms with van der Waals surface area (Å²) in [6, 6.07) is 10.7. The van der Waals surface area contributed by atoms with Gasteiger partial charge in [-0.1, -0.05) is 6.07 Å². The lowest BCUT2D eigenvalue weighted by molar-refractivity contribution is 0.0600. The van der Waals surface area contributed by atoms with Gasteiger partial charge in [0.25, 0.3) is 0 Å². The van der Waals surface area contributed by atoms with Crippen LogP contribution in [0.25, 0.3) is 0 Å². The fraction of sp³-hybridized carbons (Fsp3) is 0.188. The number of rotatable bonds is 3. The van der Waals surface area contributed by atoms with E-state index in [-0.39, 0.29) is 0 Å². The molecule has 0 saturated heterocycles. The molecule has 104 valence electrons. The second-order valence-electron chi connectivity index (χ2n) is 4.67. The number of hydrogen-bond acceptors (Lipinski definition) is 4. The number of anilines is 1. The Balaban J connectivity index is 2.34. The number of carbonyl (C=O) groups excluding carboxylic acids is 1. The zero-order valence-electron chi connectivity index (χ0n) is 11.8. The van der Waals surface area contributed by atoms with Crippen molar-refractivity contribution in [3.63, 3.8) is 0 Å². The molecule has 0 radical (unpaired) electrons. The van der Waals surface area contributed by atoms with Crippen LogP contribution in [-0.2, 0) is 4.74 Å². The Bertz CT molecular complexity index is 630. The van der Waals surface area contributed by atoms with Crippen LogP contribution in [0.5, 0.6) is 11.5 Å². The van der Waals surface area contributed by atoms with E-state index in [2.05, 4.69) is 10.8 Å². The van der Waals surface area contributed by atoms with E-state index in [0.717, 1.165) is 11.1 Å². The first-order valence-corrected chi connectivity index (χ1v) is 6.23. The minimum absolute atomic E-state index is 0.404. The number of aryl methyl sites for hydroxylation is 2. The maximum atomic E-state index is 11.5. The van der Waals surface area contributed by atoms with Gasteiger partial charge in [0.15, 0.2) is 5.75 Å². The van der Waals surface area contributed by atoms with Crippen LogP contribution in [0.1, 0.15) is 21.5 Å². The van der Waals surface area contributed by atoms with Crippen molar-refractivity contribution in [2.24, 2.45) is 0 Å². The summed E-state index contributed by atoms with van der Waals surface area (Å²) in [5, 5.41) is 0. The quantitative estimate of drug-likeness (QED) is 0.686. The van der Waals surface area contributed by atoms with Gasteiger partial charge in [-0.2, -0.15) is 0 Å². The maximum absolute atomic E-state index is 11.5. The molecule has 20 heavy (non-hydrogen) atoms. The third-order valence-corrected chi connectivity index (χ3v) is 2.86. The molecule has 0 atom stereocenters. The molecular formula is C16H17NO3. The first-order valence-electron chi connectivity index (χ1n) is 6.23. The number of carbonyl (C=O) groups is 1. The van der Waals surface area contributed by atoms with E-state index in [1.807, 2.05) is 26.0 Å². The SMILES string of the molecule is COC(=O)c1ccc(N)c(Oc2cc(C)cc(C)c2)c1. The molecule has 0 fully saturated rings. The monoisotopic (exact) mass is 271 g/mol. The fourth-order valence-corrected chi connectivity index (χ4v) is 1.99. The highest BCUT2D eigenvalue weighted by atomic mass is 16.5. The lowest BCUT2D eigenvalue weighted by atomic mass is 10.1. The summed E-state index contributed by atoms with van der Waals surface area (Å²) in [5.74, 6) is 0.712. The van der Waals surface area contributed by atoms with E-state index in [0.29, 0.717) is 22.7 Å². The Morgan fingerprint density at radius 1 is 1.05 bits per heavy atom. The Hall–Kier alpha value is -2.49. The molecule has 0 aliphatic heterocycles. The standard InChI is InChI=1S/C16H17NO3/c1-10-6-11(2)8-13(7-10)20-15-9-12(16(18)19-3)4-5-14(15)17/h4-9H,17H2,1-3H3. The predicted octanol–water partition coefficient (Wildman–Crippen LogP) is 3.46. The molecule has 0 aromatic heterocycles. The Labute approximate surface area is 118 Å². The van der Waals surface area contributed by atoms with Gasteiger partial charge in [0.2, 0.25) is 0 Å². The van der Waals surface area contributed by atoms with E-state index in [1.165, 1.54) is 7.11 Å². The molecule has 0 unspecified atom stereocenters. The lowest BCUT2D eigenvalue weighted by Gasteiger charge is -2.11. The first-order chi connectivity index (χ1) is 9.49. The number of nitrogen functional groups attached to an aromatic ring is 1. The molecule has 0 aliphatic carbocycles. The van der Waals surface area contributed by atoms with Crippen LogP contribution in [0.2, 0.25) is 0 Å². The molecular weight excluding hydrogens is 254 g/mol. The minimum atomic E-state index is -0.421. The van der Waals surface area contributed by atoms with Crippen molar-refractivity contribution < 1.29 is 14.3 Å². The molecule has 2 rings (SSSR count). The minimum Gasteiger partial charge on any atom is -0.465 e. The van der Waals surface area contributed by atoms with Gasteiger partial charge >= 0.3 is 5.97 Å². The lowest BCUT2D eigenvalue weighted by Crippen LogP contribution is -2.02. The van der Waals surface area contributed by atoms with Gasteiger partial charge in [-0.3, -0.25) is 0 Å². The number of benzene rings is 2. The molecule has 0 heterocycles. The van der Waals surface area contributed by atoms with Crippen molar-refractivity contribution in [2.75, 3.05) is 12.8 Å². The highest BCUT2D eigenvalue weighted by Gasteiger charge is 2.10. The van der Waals surface area contributed by atoms with Crippen molar-refractivity contribution >= 4 is 11.7 Å². The van der Waals surface area contributed by atoms with Crippen molar-refractivity contribution in [1.29, 1.82) is 0 Å². The summed E-state index contributed by atoms with van der Waals surface area (Å²) in [7, 11) is 1.34. The first kappa shape index (κ1) is 13.9. The number of methoxy groups -OCH3 is 1. The molecule has 0 bridgehead atoms. The van der Waals surface area contributed by atoms with Crippen LogP contribution in [0.3, 0.4) is 0 Å². The number of hydrogen-bond donors (Lipinski definition) is 1. The van der Waals surface area contributed by atoms with Gasteiger partial charge in [0, 0.05) is 0 Å². The van der Waals surface area contributed by atoms with E-state index in [4.69, 9.17) is 10.5 Å². The molecule has 4 nitrogen and oxygen atoms in total. The zero-order chi connectivity index (χ0) is 14.7. The van der Waals surface area contributed by atoms with E-state index >= 15 is 0 Å². The smallest absolute Gasteiger partial charge is 0.337 e. The van der Waals surface area contributed by atoms with Gasteiger partial charge in [-0.25, -0.2) is 4.79 Å². The van der Waals surface area contributed by atoms with Crippen LogP contribution in [-0.4, -0.2) is 13.1 Å². The summed E-state index contributed by atoms with van der Waals surface area (Å²) in [4.78, 5) is 11.5. The summed E-state index contributed by atoms with van der Waals surface area (Å²) in [5.41, 5.74) is 8.95. The molecule has 0 aliphatic rings. The number of esters is 1. The van der Waals surface area contributed by atoms with Gasteiger partial charge in [-0.05, 0) is 55.3 Å². The number of nitrogens with two attached hydrogens (primary N) is 1. The van der Waals surface area contributed by atoms with Crippen molar-refractivity contribution in [1.82, 2.24) is 0 Å². The van der Waals surface area contributed by atoms with Crippen LogP contribution >= 0.6 is 0 Å². The summed E-state index contributed by atoms with van der Waals surface area (Å²) >= 11 is 0. The van der Waals surface area contributed by atoms with Gasteiger partial charge in [0.05, 0.1) is 18.4 Å². The predicted molar refractivity (Wildman–Crippen MR) is 78.2 cm³/mol. The second-order valence-corrected chi connectivity index (χ2v) is 4.67. The summed E-state index contributed by atoms with van der Waals surface area (Å²) < 4.78 is 10.5. The molecule has 0 spiro atoms. The Kier molecular flexibility index (Phi) is 3.94. The van der Waals surface area contributed by atoms with Gasteiger partial charge in [-0.15, -0.1) is 0 Å². The van der Waals surface area contributed by atoms with Crippen molar-refractivity contribution in [3.05, 3.63) is 53.1 Å². The molecule has 4 heteroatoms. The summed E-state index contributed by atoms with van der Waals surface area (Å²) in [6.07, 6.45) is 0. The molecule has 2 aromatic carbocycles. The average Bonchev–Trinajstić information content (AvgIpc) is 2.39. The van der Waals surface area contributed by atoms with Gasteiger partial charge < -0.3 is 15.2 Å². The number of ether oxygens (including phenoxy) is 2. The molecule has 2 N–H and O–H groups in total. The highest BCUT2D eigenvalue weighted by Crippen LogP contribution is 2.29.